The summed E-state index contributed by atoms with van der Waals surface area (Å²) in [5.41, 5.74) is 1.25. The van der Waals surface area contributed by atoms with Crippen molar-refractivity contribution in [1.29, 1.82) is 0 Å². The fourth-order valence-corrected chi connectivity index (χ4v) is 2.37. The Balaban J connectivity index is 2.02. The molecule has 2 rings (SSSR count). The maximum absolute atomic E-state index is 12.0. The first-order valence-electron chi connectivity index (χ1n) is 6.04. The molecule has 0 N–H and O–H groups in total. The van der Waals surface area contributed by atoms with Gasteiger partial charge in [0, 0.05) is 13.1 Å². The van der Waals surface area contributed by atoms with Gasteiger partial charge < -0.3 is 4.90 Å². The number of nitrogens with zero attached hydrogens (tertiary/aromatic N) is 2. The zero-order chi connectivity index (χ0) is 11.7. The normalized spacial score (nSPS) is 26.1. The number of rotatable bonds is 4. The quantitative estimate of drug-likeness (QED) is 0.686. The summed E-state index contributed by atoms with van der Waals surface area (Å²) in [4.78, 5) is 19.5. The summed E-state index contributed by atoms with van der Waals surface area (Å²) < 4.78 is 0. The van der Waals surface area contributed by atoms with E-state index < -0.39 is 0 Å². The molecule has 2 aliphatic heterocycles. The molecule has 2 amide bonds. The van der Waals surface area contributed by atoms with Crippen molar-refractivity contribution in [2.45, 2.75) is 45.8 Å². The molecule has 90 valence electrons. The number of amides is 2. The Morgan fingerprint density at radius 3 is 3.06 bits per heavy atom. The monoisotopic (exact) mass is 224 g/mol. The molecule has 16 heavy (non-hydrogen) atoms. The lowest BCUT2D eigenvalue weighted by atomic mass is 10.1. The van der Waals surface area contributed by atoms with Gasteiger partial charge in [0.1, 0.15) is 0 Å². The molecule has 0 spiro atoms. The van der Waals surface area contributed by atoms with Crippen LogP contribution in [0.5, 0.6) is 0 Å². The zero-order valence-electron chi connectivity index (χ0n) is 10.3. The summed E-state index contributed by atoms with van der Waals surface area (Å²) in [5, 5.41) is 1.55. The minimum absolute atomic E-state index is 0.0149. The summed E-state index contributed by atoms with van der Waals surface area (Å²) in [6, 6.07) is 0.126. The fraction of sp³-hybridized carbons (Fsp3) is 0.750. The molecular formula is C12H20N2O2. The lowest BCUT2D eigenvalue weighted by Gasteiger charge is -2.23. The van der Waals surface area contributed by atoms with E-state index in [0.717, 1.165) is 25.9 Å². The van der Waals surface area contributed by atoms with Crippen LogP contribution in [0.25, 0.3) is 0 Å². The molecule has 2 unspecified atom stereocenters. The number of urea groups is 1. The molecule has 4 heteroatoms. The Morgan fingerprint density at radius 1 is 1.62 bits per heavy atom. The van der Waals surface area contributed by atoms with Crippen LogP contribution in [-0.4, -0.2) is 41.2 Å². The van der Waals surface area contributed by atoms with E-state index in [1.54, 1.807) is 5.06 Å². The standard InChI is InChI=1S/C12H20N2O2/c1-4-5-10(3)16-14-11-6-9(2)7-13(8-11)12(14)15/h6,10-11H,4-5,7-8H2,1-3H3. The van der Waals surface area contributed by atoms with Gasteiger partial charge in [-0.15, -0.1) is 0 Å². The second-order valence-electron chi connectivity index (χ2n) is 4.77. The van der Waals surface area contributed by atoms with Crippen molar-refractivity contribution in [1.82, 2.24) is 9.96 Å². The van der Waals surface area contributed by atoms with Crippen molar-refractivity contribution in [3.8, 4) is 0 Å². The second kappa shape index (κ2) is 4.45. The molecule has 2 atom stereocenters. The van der Waals surface area contributed by atoms with Gasteiger partial charge in [0.2, 0.25) is 0 Å². The molecule has 2 aliphatic rings. The van der Waals surface area contributed by atoms with Crippen molar-refractivity contribution in [3.63, 3.8) is 0 Å². The van der Waals surface area contributed by atoms with Gasteiger partial charge in [0.05, 0.1) is 12.1 Å². The molecule has 2 bridgehead atoms. The van der Waals surface area contributed by atoms with Crippen LogP contribution >= 0.6 is 0 Å². The van der Waals surface area contributed by atoms with E-state index in [9.17, 15) is 4.79 Å². The molecule has 0 aromatic carbocycles. The van der Waals surface area contributed by atoms with Gasteiger partial charge in [0.15, 0.2) is 0 Å². The Kier molecular flexibility index (Phi) is 3.19. The maximum Gasteiger partial charge on any atom is 0.344 e. The largest absolute Gasteiger partial charge is 0.344 e. The lowest BCUT2D eigenvalue weighted by molar-refractivity contribution is -0.158. The molecule has 2 heterocycles. The SMILES string of the molecule is CCCC(C)ON1C(=O)N2CC(C)=CC1C2. The number of hydroxylamine groups is 2. The van der Waals surface area contributed by atoms with E-state index in [1.807, 2.05) is 11.8 Å². The minimum atomic E-state index is 0.0149. The summed E-state index contributed by atoms with van der Waals surface area (Å²) in [5.74, 6) is 0. The Labute approximate surface area is 96.8 Å². The smallest absolute Gasteiger partial charge is 0.316 e. The summed E-state index contributed by atoms with van der Waals surface area (Å²) in [6.07, 6.45) is 4.31. The molecule has 1 saturated heterocycles. The number of hydrogen-bond acceptors (Lipinski definition) is 2. The van der Waals surface area contributed by atoms with Gasteiger partial charge in [-0.3, -0.25) is 4.84 Å². The van der Waals surface area contributed by atoms with Gasteiger partial charge >= 0.3 is 6.03 Å². The molecule has 4 nitrogen and oxygen atoms in total. The fourth-order valence-electron chi connectivity index (χ4n) is 2.37. The first-order chi connectivity index (χ1) is 7.61. The number of carbonyl (C=O) groups excluding carboxylic acids is 1. The van der Waals surface area contributed by atoms with Crippen molar-refractivity contribution in [3.05, 3.63) is 11.6 Å². The average molecular weight is 224 g/mol. The van der Waals surface area contributed by atoms with Crippen LogP contribution in [-0.2, 0) is 4.84 Å². The van der Waals surface area contributed by atoms with Crippen LogP contribution in [0.1, 0.15) is 33.6 Å². The lowest BCUT2D eigenvalue weighted by Crippen LogP contribution is -2.36. The Morgan fingerprint density at radius 2 is 2.38 bits per heavy atom. The van der Waals surface area contributed by atoms with Crippen LogP contribution in [0.4, 0.5) is 4.79 Å². The van der Waals surface area contributed by atoms with Crippen LogP contribution in [0, 0.1) is 0 Å². The predicted octanol–water partition coefficient (Wildman–Crippen LogP) is 2.17. The highest BCUT2D eigenvalue weighted by Gasteiger charge is 2.40. The Hall–Kier alpha value is -1.03. The first kappa shape index (κ1) is 11.5. The predicted molar refractivity (Wildman–Crippen MR) is 61.8 cm³/mol. The van der Waals surface area contributed by atoms with Crippen molar-refractivity contribution < 1.29 is 9.63 Å². The van der Waals surface area contributed by atoms with E-state index in [2.05, 4.69) is 19.9 Å². The van der Waals surface area contributed by atoms with E-state index in [4.69, 9.17) is 4.84 Å². The highest BCUT2D eigenvalue weighted by molar-refractivity contribution is 5.77. The minimum Gasteiger partial charge on any atom is -0.316 e. The van der Waals surface area contributed by atoms with Gasteiger partial charge in [-0.25, -0.2) is 4.79 Å². The molecule has 1 fully saturated rings. The maximum atomic E-state index is 12.0. The Bertz CT molecular complexity index is 314. The summed E-state index contributed by atoms with van der Waals surface area (Å²) in [6.45, 7) is 7.72. The van der Waals surface area contributed by atoms with E-state index in [0.29, 0.717) is 0 Å². The first-order valence-corrected chi connectivity index (χ1v) is 6.04. The molecule has 0 aromatic rings. The van der Waals surface area contributed by atoms with Crippen LogP contribution < -0.4 is 0 Å². The molecule has 0 radical (unpaired) electrons. The number of hydrogen-bond donors (Lipinski definition) is 0. The van der Waals surface area contributed by atoms with Crippen molar-refractivity contribution in [2.75, 3.05) is 13.1 Å². The second-order valence-corrected chi connectivity index (χ2v) is 4.77. The molecule has 0 aromatic heterocycles. The number of fused-ring (bicyclic) bond motifs is 2. The summed E-state index contributed by atoms with van der Waals surface area (Å²) in [7, 11) is 0. The van der Waals surface area contributed by atoms with Crippen molar-refractivity contribution >= 4 is 6.03 Å². The molecular weight excluding hydrogens is 204 g/mol. The van der Waals surface area contributed by atoms with Gasteiger partial charge in [0.25, 0.3) is 0 Å². The van der Waals surface area contributed by atoms with Crippen LogP contribution in [0.15, 0.2) is 11.6 Å². The van der Waals surface area contributed by atoms with E-state index >= 15 is 0 Å². The van der Waals surface area contributed by atoms with Crippen molar-refractivity contribution in [2.24, 2.45) is 0 Å². The molecule has 0 saturated carbocycles. The third-order valence-electron chi connectivity index (χ3n) is 3.07. The van der Waals surface area contributed by atoms with Crippen LogP contribution in [0.2, 0.25) is 0 Å². The highest BCUT2D eigenvalue weighted by Crippen LogP contribution is 2.25. The van der Waals surface area contributed by atoms with Crippen LogP contribution in [0.3, 0.4) is 0 Å². The summed E-state index contributed by atoms with van der Waals surface area (Å²) >= 11 is 0. The van der Waals surface area contributed by atoms with Gasteiger partial charge in [-0.05, 0) is 20.3 Å². The number of carbonyl (C=O) groups is 1. The topological polar surface area (TPSA) is 32.8 Å². The van der Waals surface area contributed by atoms with E-state index in [-0.39, 0.29) is 18.2 Å². The van der Waals surface area contributed by atoms with Gasteiger partial charge in [-0.2, -0.15) is 5.06 Å². The molecule has 0 aliphatic carbocycles. The third kappa shape index (κ3) is 2.07. The van der Waals surface area contributed by atoms with E-state index in [1.165, 1.54) is 5.57 Å². The van der Waals surface area contributed by atoms with Gasteiger partial charge in [-0.1, -0.05) is 25.0 Å². The zero-order valence-corrected chi connectivity index (χ0v) is 10.3. The average Bonchev–Trinajstić information content (AvgIpc) is 2.43. The highest BCUT2D eigenvalue weighted by atomic mass is 16.7. The third-order valence-corrected chi connectivity index (χ3v) is 3.07.